The number of esters is 1. The van der Waals surface area contributed by atoms with Crippen LogP contribution in [0.2, 0.25) is 5.02 Å². The van der Waals surface area contributed by atoms with Crippen molar-refractivity contribution in [1.29, 1.82) is 0 Å². The van der Waals surface area contributed by atoms with E-state index in [2.05, 4.69) is 5.32 Å². The molecule has 26 heavy (non-hydrogen) atoms. The lowest BCUT2D eigenvalue weighted by Gasteiger charge is -2.29. The molecule has 0 unspecified atom stereocenters. The molecular formula is C18H17BClNO5. The van der Waals surface area contributed by atoms with Crippen LogP contribution in [-0.2, 0) is 11.2 Å². The van der Waals surface area contributed by atoms with Gasteiger partial charge in [0, 0.05) is 10.6 Å². The molecule has 8 heteroatoms. The van der Waals surface area contributed by atoms with Crippen LogP contribution < -0.4 is 9.97 Å². The van der Waals surface area contributed by atoms with Gasteiger partial charge < -0.3 is 19.7 Å². The standard InChI is InChI=1S/C18H17BClNO5/c1-2-25-18(23)14-5-3-4-12-10-15(19(24)26-16(12)14)21-17(22)11-6-8-13(20)9-7-11/h3-9,15,24H,2,10H2,1H3,(H,21,22)/t15-/m0/s1. The fourth-order valence-corrected chi connectivity index (χ4v) is 2.90. The molecule has 1 atom stereocenters. The number of amides is 1. The molecule has 0 fully saturated rings. The van der Waals surface area contributed by atoms with E-state index in [1.807, 2.05) is 0 Å². The minimum atomic E-state index is -1.28. The number of para-hydroxylation sites is 1. The lowest BCUT2D eigenvalue weighted by atomic mass is 9.72. The van der Waals surface area contributed by atoms with E-state index in [9.17, 15) is 14.6 Å². The fourth-order valence-electron chi connectivity index (χ4n) is 2.77. The lowest BCUT2D eigenvalue weighted by Crippen LogP contribution is -2.53. The number of ether oxygens (including phenoxy) is 1. The second kappa shape index (κ2) is 7.80. The van der Waals surface area contributed by atoms with Crippen molar-refractivity contribution >= 4 is 30.6 Å². The molecule has 2 aromatic rings. The third-order valence-electron chi connectivity index (χ3n) is 4.04. The predicted octanol–water partition coefficient (Wildman–Crippen LogP) is 2.27. The molecule has 0 saturated heterocycles. The van der Waals surface area contributed by atoms with Crippen LogP contribution in [0.4, 0.5) is 0 Å². The Bertz CT molecular complexity index is 827. The van der Waals surface area contributed by atoms with Gasteiger partial charge in [0.1, 0.15) is 11.3 Å². The average Bonchev–Trinajstić information content (AvgIpc) is 2.62. The van der Waals surface area contributed by atoms with Crippen molar-refractivity contribution < 1.29 is 24.0 Å². The molecule has 0 spiro atoms. The van der Waals surface area contributed by atoms with Crippen LogP contribution >= 0.6 is 11.6 Å². The Morgan fingerprint density at radius 3 is 2.73 bits per heavy atom. The summed E-state index contributed by atoms with van der Waals surface area (Å²) >= 11 is 5.82. The van der Waals surface area contributed by atoms with Gasteiger partial charge in [0.25, 0.3) is 5.91 Å². The third-order valence-corrected chi connectivity index (χ3v) is 4.29. The highest BCUT2D eigenvalue weighted by molar-refractivity contribution is 6.47. The Morgan fingerprint density at radius 1 is 1.31 bits per heavy atom. The Labute approximate surface area is 156 Å². The van der Waals surface area contributed by atoms with Crippen LogP contribution in [0.15, 0.2) is 42.5 Å². The highest BCUT2D eigenvalue weighted by atomic mass is 35.5. The Kier molecular flexibility index (Phi) is 5.49. The van der Waals surface area contributed by atoms with Gasteiger partial charge in [-0.1, -0.05) is 23.7 Å². The highest BCUT2D eigenvalue weighted by Gasteiger charge is 2.38. The second-order valence-electron chi connectivity index (χ2n) is 5.81. The second-order valence-corrected chi connectivity index (χ2v) is 6.25. The van der Waals surface area contributed by atoms with Crippen molar-refractivity contribution in [2.24, 2.45) is 0 Å². The number of fused-ring (bicyclic) bond motifs is 1. The van der Waals surface area contributed by atoms with Crippen molar-refractivity contribution in [3.8, 4) is 5.75 Å². The van der Waals surface area contributed by atoms with Crippen molar-refractivity contribution in [2.75, 3.05) is 6.61 Å². The van der Waals surface area contributed by atoms with Crippen LogP contribution in [0.5, 0.6) is 5.75 Å². The van der Waals surface area contributed by atoms with E-state index in [0.717, 1.165) is 0 Å². The average molecular weight is 374 g/mol. The number of rotatable bonds is 4. The molecule has 0 aliphatic carbocycles. The first-order valence-corrected chi connectivity index (χ1v) is 8.57. The minimum absolute atomic E-state index is 0.241. The number of carbonyl (C=O) groups excluding carboxylic acids is 2. The number of benzene rings is 2. The molecule has 0 aromatic heterocycles. The normalized spacial score (nSPS) is 15.7. The molecule has 0 radical (unpaired) electrons. The monoisotopic (exact) mass is 373 g/mol. The van der Waals surface area contributed by atoms with E-state index in [4.69, 9.17) is 21.0 Å². The molecule has 1 aliphatic heterocycles. The number of hydrogen-bond donors (Lipinski definition) is 2. The number of halogens is 1. The molecule has 3 rings (SSSR count). The molecule has 6 nitrogen and oxygen atoms in total. The van der Waals surface area contributed by atoms with E-state index in [0.29, 0.717) is 22.6 Å². The third kappa shape index (κ3) is 3.84. The molecule has 2 N–H and O–H groups in total. The maximum Gasteiger partial charge on any atom is 0.547 e. The van der Waals surface area contributed by atoms with Gasteiger partial charge in [-0.3, -0.25) is 4.79 Å². The highest BCUT2D eigenvalue weighted by Crippen LogP contribution is 2.30. The molecule has 134 valence electrons. The fraction of sp³-hybridized carbons (Fsp3) is 0.222. The van der Waals surface area contributed by atoms with E-state index in [1.165, 1.54) is 0 Å². The first-order valence-electron chi connectivity index (χ1n) is 8.19. The molecule has 0 bridgehead atoms. The summed E-state index contributed by atoms with van der Waals surface area (Å²) in [6, 6.07) is 11.5. The largest absolute Gasteiger partial charge is 0.547 e. The summed E-state index contributed by atoms with van der Waals surface area (Å²) in [6.45, 7) is 1.95. The first-order chi connectivity index (χ1) is 12.5. The zero-order valence-electron chi connectivity index (χ0n) is 14.1. The van der Waals surface area contributed by atoms with Crippen molar-refractivity contribution in [3.05, 3.63) is 64.2 Å². The van der Waals surface area contributed by atoms with E-state index in [1.54, 1.807) is 49.4 Å². The number of hydrogen-bond acceptors (Lipinski definition) is 5. The zero-order valence-corrected chi connectivity index (χ0v) is 14.8. The SMILES string of the molecule is CCOC(=O)c1cccc2c1OB(O)[C@@H](NC(=O)c1ccc(Cl)cc1)C2. The van der Waals surface area contributed by atoms with Gasteiger partial charge in [-0.2, -0.15) is 0 Å². The van der Waals surface area contributed by atoms with Gasteiger partial charge >= 0.3 is 13.1 Å². The molecule has 1 amide bonds. The van der Waals surface area contributed by atoms with Crippen molar-refractivity contribution in [3.63, 3.8) is 0 Å². The maximum atomic E-state index is 12.3. The van der Waals surface area contributed by atoms with Gasteiger partial charge in [-0.25, -0.2) is 4.79 Å². The smallest absolute Gasteiger partial charge is 0.534 e. The van der Waals surface area contributed by atoms with Gasteiger partial charge in [-0.15, -0.1) is 0 Å². The summed E-state index contributed by atoms with van der Waals surface area (Å²) in [5, 5.41) is 13.6. The predicted molar refractivity (Wildman–Crippen MR) is 97.4 cm³/mol. The Morgan fingerprint density at radius 2 is 2.04 bits per heavy atom. The first kappa shape index (κ1) is 18.3. The Hall–Kier alpha value is -2.51. The molecule has 1 aliphatic rings. The topological polar surface area (TPSA) is 84.9 Å². The number of carbonyl (C=O) groups is 2. The molecule has 2 aromatic carbocycles. The number of nitrogens with one attached hydrogen (secondary N) is 1. The van der Waals surface area contributed by atoms with Crippen LogP contribution in [0, 0.1) is 0 Å². The van der Waals surface area contributed by atoms with Gasteiger partial charge in [-0.05, 0) is 49.2 Å². The molecule has 1 heterocycles. The van der Waals surface area contributed by atoms with Crippen molar-refractivity contribution in [2.45, 2.75) is 19.3 Å². The van der Waals surface area contributed by atoms with E-state index < -0.39 is 19.0 Å². The van der Waals surface area contributed by atoms with E-state index >= 15 is 0 Å². The molecular weight excluding hydrogens is 356 g/mol. The van der Waals surface area contributed by atoms with Crippen LogP contribution in [0.25, 0.3) is 0 Å². The minimum Gasteiger partial charge on any atom is -0.534 e. The maximum absolute atomic E-state index is 12.3. The van der Waals surface area contributed by atoms with Crippen LogP contribution in [0.3, 0.4) is 0 Å². The summed E-state index contributed by atoms with van der Waals surface area (Å²) in [5.41, 5.74) is 1.39. The summed E-state index contributed by atoms with van der Waals surface area (Å²) in [4.78, 5) is 24.4. The Balaban J connectivity index is 1.77. The molecule has 0 saturated carbocycles. The van der Waals surface area contributed by atoms with Crippen molar-refractivity contribution in [1.82, 2.24) is 5.32 Å². The summed E-state index contributed by atoms with van der Waals surface area (Å²) in [7, 11) is -1.28. The van der Waals surface area contributed by atoms with Gasteiger partial charge in [0.05, 0.1) is 12.5 Å². The zero-order chi connectivity index (χ0) is 18.7. The summed E-state index contributed by atoms with van der Waals surface area (Å²) in [6.07, 6.45) is 0.322. The van der Waals surface area contributed by atoms with Crippen LogP contribution in [-0.4, -0.2) is 36.6 Å². The summed E-state index contributed by atoms with van der Waals surface area (Å²) in [5.74, 6) is -1.22. The van der Waals surface area contributed by atoms with Gasteiger partial charge in [0.2, 0.25) is 0 Å². The van der Waals surface area contributed by atoms with Crippen LogP contribution in [0.1, 0.15) is 33.2 Å². The lowest BCUT2D eigenvalue weighted by molar-refractivity contribution is 0.0523. The summed E-state index contributed by atoms with van der Waals surface area (Å²) < 4.78 is 10.5. The van der Waals surface area contributed by atoms with Gasteiger partial charge in [0.15, 0.2) is 0 Å². The quantitative estimate of drug-likeness (QED) is 0.634. The van der Waals surface area contributed by atoms with E-state index in [-0.39, 0.29) is 23.8 Å².